The van der Waals surface area contributed by atoms with E-state index in [0.717, 1.165) is 29.8 Å². The van der Waals surface area contributed by atoms with E-state index in [-0.39, 0.29) is 12.0 Å². The molecule has 0 N–H and O–H groups in total. The van der Waals surface area contributed by atoms with Gasteiger partial charge < -0.3 is 4.57 Å². The van der Waals surface area contributed by atoms with Crippen LogP contribution in [-0.4, -0.2) is 40.6 Å². The topological polar surface area (TPSA) is 68.1 Å². The summed E-state index contributed by atoms with van der Waals surface area (Å²) in [5.41, 5.74) is 2.08. The van der Waals surface area contributed by atoms with Gasteiger partial charge in [0.05, 0.1) is 4.90 Å². The molecule has 0 bridgehead atoms. The van der Waals surface area contributed by atoms with Gasteiger partial charge in [-0.3, -0.25) is 0 Å². The third-order valence-electron chi connectivity index (χ3n) is 5.51. The maximum atomic E-state index is 13.3. The predicted octanol–water partition coefficient (Wildman–Crippen LogP) is 4.09. The van der Waals surface area contributed by atoms with Crippen LogP contribution in [0.2, 0.25) is 0 Å². The van der Waals surface area contributed by atoms with Crippen LogP contribution >= 0.6 is 0 Å². The first kappa shape index (κ1) is 19.8. The second-order valence-corrected chi connectivity index (χ2v) is 9.72. The van der Waals surface area contributed by atoms with E-state index in [0.29, 0.717) is 18.0 Å². The minimum Gasteiger partial charge on any atom is -0.315 e. The summed E-state index contributed by atoms with van der Waals surface area (Å²) in [6, 6.07) is 17.4. The molecule has 0 unspecified atom stereocenters. The molecule has 6 nitrogen and oxygen atoms in total. The Kier molecular flexibility index (Phi) is 5.52. The largest absolute Gasteiger partial charge is 0.315 e. The van der Waals surface area contributed by atoms with E-state index in [1.54, 1.807) is 22.8 Å². The normalized spacial score (nSPS) is 18.2. The van der Waals surface area contributed by atoms with Gasteiger partial charge in [0.25, 0.3) is 0 Å². The molecule has 1 atom stereocenters. The average Bonchev–Trinajstić information content (AvgIpc) is 3.25. The van der Waals surface area contributed by atoms with Crippen LogP contribution in [0, 0.1) is 0 Å². The van der Waals surface area contributed by atoms with Crippen molar-refractivity contribution in [2.24, 2.45) is 0 Å². The molecule has 1 aliphatic rings. The lowest BCUT2D eigenvalue weighted by atomic mass is 9.98. The van der Waals surface area contributed by atoms with Crippen LogP contribution in [0.15, 0.2) is 65.8 Å². The number of nitrogens with zero attached hydrogens (tertiary/aromatic N) is 4. The second-order valence-electron chi connectivity index (χ2n) is 7.78. The van der Waals surface area contributed by atoms with Crippen LogP contribution in [0.1, 0.15) is 44.5 Å². The van der Waals surface area contributed by atoms with Gasteiger partial charge in [0.2, 0.25) is 10.0 Å². The van der Waals surface area contributed by atoms with Crippen LogP contribution in [0.3, 0.4) is 0 Å². The first-order valence-corrected chi connectivity index (χ1v) is 11.5. The number of hydrogen-bond acceptors (Lipinski definition) is 4. The van der Waals surface area contributed by atoms with Gasteiger partial charge in [-0.2, -0.15) is 4.31 Å². The fraction of sp³-hybridized carbons (Fsp3) is 0.364. The molecule has 1 saturated heterocycles. The fourth-order valence-corrected chi connectivity index (χ4v) is 5.44. The fourth-order valence-electron chi connectivity index (χ4n) is 3.91. The van der Waals surface area contributed by atoms with Crippen molar-refractivity contribution in [3.05, 3.63) is 66.7 Å². The number of sulfonamides is 1. The molecule has 1 fully saturated rings. The maximum Gasteiger partial charge on any atom is 0.243 e. The highest BCUT2D eigenvalue weighted by atomic mass is 32.2. The number of piperidine rings is 1. The lowest BCUT2D eigenvalue weighted by molar-refractivity contribution is 0.302. The number of hydrogen-bond donors (Lipinski definition) is 0. The summed E-state index contributed by atoms with van der Waals surface area (Å²) in [5, 5.41) is 8.33. The summed E-state index contributed by atoms with van der Waals surface area (Å²) in [4.78, 5) is 0.336. The van der Waals surface area contributed by atoms with Gasteiger partial charge in [0.15, 0.2) is 0 Å². The van der Waals surface area contributed by atoms with Gasteiger partial charge in [-0.25, -0.2) is 8.42 Å². The van der Waals surface area contributed by atoms with E-state index in [2.05, 4.69) is 24.0 Å². The zero-order valence-electron chi connectivity index (χ0n) is 16.8. The molecule has 1 aliphatic heterocycles. The molecule has 0 amide bonds. The Bertz CT molecular complexity index is 1060. The Morgan fingerprint density at radius 2 is 1.69 bits per heavy atom. The molecule has 2 heterocycles. The van der Waals surface area contributed by atoms with E-state index >= 15 is 0 Å². The van der Waals surface area contributed by atoms with Gasteiger partial charge in [0.1, 0.15) is 12.2 Å². The molecule has 0 aliphatic carbocycles. The Hall–Kier alpha value is -2.51. The van der Waals surface area contributed by atoms with Gasteiger partial charge in [-0.05, 0) is 49.9 Å². The molecule has 0 spiro atoms. The van der Waals surface area contributed by atoms with Gasteiger partial charge in [0, 0.05) is 25.0 Å². The van der Waals surface area contributed by atoms with E-state index < -0.39 is 10.0 Å². The molecule has 7 heteroatoms. The van der Waals surface area contributed by atoms with E-state index in [4.69, 9.17) is 0 Å². The van der Waals surface area contributed by atoms with Gasteiger partial charge in [-0.15, -0.1) is 10.2 Å². The van der Waals surface area contributed by atoms with Crippen molar-refractivity contribution >= 4 is 10.0 Å². The van der Waals surface area contributed by atoms with Crippen molar-refractivity contribution < 1.29 is 8.42 Å². The molecule has 3 aromatic rings. The summed E-state index contributed by atoms with van der Waals surface area (Å²) in [6.07, 6.45) is 3.47. The summed E-state index contributed by atoms with van der Waals surface area (Å²) in [6.45, 7) is 5.14. The first-order valence-electron chi connectivity index (χ1n) is 10.0. The summed E-state index contributed by atoms with van der Waals surface area (Å²) in [5.74, 6) is 0.936. The standard InChI is InChI=1S/C22H26N4O2S/c1-17(2)26-16-23-24-22(26)20-9-6-14-25(15-20)29(27,28)21-12-10-19(11-13-21)18-7-4-3-5-8-18/h3-5,7-8,10-13,16-17,20H,6,9,14-15H2,1-2H3/t20-/m0/s1. The first-order chi connectivity index (χ1) is 14.0. The third-order valence-corrected chi connectivity index (χ3v) is 7.38. The SMILES string of the molecule is CC(C)n1cnnc1[C@H]1CCCN(S(=O)(=O)c2ccc(-c3ccccc3)cc2)C1. The van der Waals surface area contributed by atoms with Crippen molar-refractivity contribution in [1.29, 1.82) is 0 Å². The molecule has 29 heavy (non-hydrogen) atoms. The van der Waals surface area contributed by atoms with Crippen LogP contribution in [-0.2, 0) is 10.0 Å². The predicted molar refractivity (Wildman–Crippen MR) is 113 cm³/mol. The van der Waals surface area contributed by atoms with E-state index in [9.17, 15) is 8.42 Å². The van der Waals surface area contributed by atoms with Gasteiger partial charge in [-0.1, -0.05) is 42.5 Å². The molecular formula is C22H26N4O2S. The van der Waals surface area contributed by atoms with Crippen molar-refractivity contribution in [2.45, 2.75) is 43.5 Å². The molecule has 0 radical (unpaired) electrons. The molecule has 0 saturated carbocycles. The second kappa shape index (κ2) is 8.08. The lowest BCUT2D eigenvalue weighted by Gasteiger charge is -2.32. The third kappa shape index (κ3) is 3.97. The van der Waals surface area contributed by atoms with Crippen LogP contribution in [0.4, 0.5) is 0 Å². The van der Waals surface area contributed by atoms with Crippen LogP contribution in [0.5, 0.6) is 0 Å². The molecule has 1 aromatic heterocycles. The van der Waals surface area contributed by atoms with Crippen LogP contribution in [0.25, 0.3) is 11.1 Å². The highest BCUT2D eigenvalue weighted by Gasteiger charge is 2.33. The highest BCUT2D eigenvalue weighted by Crippen LogP contribution is 2.31. The lowest BCUT2D eigenvalue weighted by Crippen LogP contribution is -2.39. The number of rotatable bonds is 5. The van der Waals surface area contributed by atoms with Crippen molar-refractivity contribution in [2.75, 3.05) is 13.1 Å². The summed E-state index contributed by atoms with van der Waals surface area (Å²) in [7, 11) is -3.54. The Morgan fingerprint density at radius 3 is 2.38 bits per heavy atom. The van der Waals surface area contributed by atoms with E-state index in [1.165, 1.54) is 0 Å². The summed E-state index contributed by atoms with van der Waals surface area (Å²) >= 11 is 0. The Balaban J connectivity index is 1.56. The minimum absolute atomic E-state index is 0.0621. The Labute approximate surface area is 172 Å². The summed E-state index contributed by atoms with van der Waals surface area (Å²) < 4.78 is 30.1. The van der Waals surface area contributed by atoms with Crippen molar-refractivity contribution in [3.63, 3.8) is 0 Å². The Morgan fingerprint density at radius 1 is 1.00 bits per heavy atom. The molecular weight excluding hydrogens is 384 g/mol. The zero-order chi connectivity index (χ0) is 20.4. The maximum absolute atomic E-state index is 13.3. The average molecular weight is 411 g/mol. The zero-order valence-corrected chi connectivity index (χ0v) is 17.6. The van der Waals surface area contributed by atoms with Gasteiger partial charge >= 0.3 is 0 Å². The minimum atomic E-state index is -3.54. The van der Waals surface area contributed by atoms with Crippen molar-refractivity contribution in [3.8, 4) is 11.1 Å². The highest BCUT2D eigenvalue weighted by molar-refractivity contribution is 7.89. The van der Waals surface area contributed by atoms with Crippen molar-refractivity contribution in [1.82, 2.24) is 19.1 Å². The van der Waals surface area contributed by atoms with Crippen LogP contribution < -0.4 is 0 Å². The number of benzene rings is 2. The number of aromatic nitrogens is 3. The quantitative estimate of drug-likeness (QED) is 0.635. The molecule has 4 rings (SSSR count). The molecule has 2 aromatic carbocycles. The smallest absolute Gasteiger partial charge is 0.243 e. The monoisotopic (exact) mass is 410 g/mol. The van der Waals surface area contributed by atoms with E-state index in [1.807, 2.05) is 47.0 Å². The molecule has 152 valence electrons.